The Morgan fingerprint density at radius 1 is 1.00 bits per heavy atom. The van der Waals surface area contributed by atoms with Gasteiger partial charge < -0.3 is 10.6 Å². The van der Waals surface area contributed by atoms with Crippen LogP contribution >= 0.6 is 0 Å². The molecule has 0 bridgehead atoms. The normalized spacial score (nSPS) is 8.00. The molecule has 2 heteroatoms. The van der Waals surface area contributed by atoms with Crippen LogP contribution in [0.2, 0.25) is 0 Å². The topological polar surface area (TPSA) is 24.1 Å². The van der Waals surface area contributed by atoms with Crippen molar-refractivity contribution in [3.63, 3.8) is 0 Å². The average Bonchev–Trinajstić information content (AvgIpc) is 1.94. The largest absolute Gasteiger partial charge is 0.320 e. The second-order valence-electron chi connectivity index (χ2n) is 1.56. The molecule has 0 aliphatic heterocycles. The third-order valence-electron chi connectivity index (χ3n) is 0.854. The summed E-state index contributed by atoms with van der Waals surface area (Å²) in [4.78, 5) is 0. The smallest absolute Gasteiger partial charge is 0 e. The van der Waals surface area contributed by atoms with Crippen LogP contribution in [0, 0.1) is 0 Å². The van der Waals surface area contributed by atoms with Gasteiger partial charge in [0.1, 0.15) is 0 Å². The number of hydrogen-bond acceptors (Lipinski definition) is 2. The van der Waals surface area contributed by atoms with Crippen LogP contribution in [-0.4, -0.2) is 27.2 Å². The molecule has 0 aliphatic carbocycles. The number of nitrogens with one attached hydrogen (secondary N) is 2. The summed E-state index contributed by atoms with van der Waals surface area (Å²) in [6.45, 7) is 6.22. The first kappa shape index (κ1) is 11.7. The fourth-order valence-electron chi connectivity index (χ4n) is 0.442. The van der Waals surface area contributed by atoms with Gasteiger partial charge in [0.05, 0.1) is 0 Å². The Balaban J connectivity index is -0.0000000564. The summed E-state index contributed by atoms with van der Waals surface area (Å²) < 4.78 is 0. The van der Waals surface area contributed by atoms with Gasteiger partial charge in [-0.25, -0.2) is 0 Å². The third-order valence-corrected chi connectivity index (χ3v) is 0.854. The van der Waals surface area contributed by atoms with E-state index >= 15 is 0 Å². The van der Waals surface area contributed by atoms with Crippen LogP contribution in [0.25, 0.3) is 0 Å². The highest BCUT2D eigenvalue weighted by molar-refractivity contribution is 4.42. The van der Waals surface area contributed by atoms with E-state index in [1.165, 1.54) is 6.42 Å². The zero-order valence-corrected chi connectivity index (χ0v) is 7.12. The minimum atomic E-state index is 0. The van der Waals surface area contributed by atoms with E-state index < -0.39 is 0 Å². The van der Waals surface area contributed by atoms with Crippen molar-refractivity contribution < 1.29 is 2.85 Å². The average molecular weight is 136 g/mol. The summed E-state index contributed by atoms with van der Waals surface area (Å²) >= 11 is 0. The summed E-state index contributed by atoms with van der Waals surface area (Å²) in [5.41, 5.74) is 0. The quantitative estimate of drug-likeness (QED) is 0.570. The number of rotatable bonds is 4. The summed E-state index contributed by atoms with van der Waals surface area (Å²) in [5, 5.41) is 6.12. The first-order valence-electron chi connectivity index (χ1n) is 3.71. The van der Waals surface area contributed by atoms with E-state index in [2.05, 4.69) is 10.6 Å². The fourth-order valence-corrected chi connectivity index (χ4v) is 0.442. The Morgan fingerprint density at radius 2 is 1.33 bits per heavy atom. The van der Waals surface area contributed by atoms with Gasteiger partial charge in [0.15, 0.2) is 0 Å². The highest BCUT2D eigenvalue weighted by Gasteiger charge is 1.77. The molecule has 2 N–H and O–H groups in total. The predicted octanol–water partition coefficient (Wildman–Crippen LogP) is 1.33. The fraction of sp³-hybridized carbons (Fsp3) is 1.00. The predicted molar refractivity (Wildman–Crippen MR) is 48.0 cm³/mol. The van der Waals surface area contributed by atoms with E-state index in [0.29, 0.717) is 0 Å². The molecule has 0 saturated carbocycles. The Bertz CT molecular complexity index is 33.6. The molecule has 62 valence electrons. The lowest BCUT2D eigenvalue weighted by atomic mass is 10.4. The van der Waals surface area contributed by atoms with Gasteiger partial charge in [-0.1, -0.05) is 13.8 Å². The molecule has 0 heterocycles. The van der Waals surface area contributed by atoms with Crippen LogP contribution in [0.1, 0.15) is 23.1 Å². The van der Waals surface area contributed by atoms with Gasteiger partial charge in [-0.15, -0.1) is 0 Å². The van der Waals surface area contributed by atoms with Crippen LogP contribution in [0.4, 0.5) is 0 Å². The molecule has 0 aromatic carbocycles. The molecular weight excluding hydrogens is 112 g/mol. The van der Waals surface area contributed by atoms with E-state index in [1.807, 2.05) is 27.9 Å². The Kier molecular flexibility index (Phi) is 20.3. The summed E-state index contributed by atoms with van der Waals surface area (Å²) in [7, 11) is 3.94. The Morgan fingerprint density at radius 3 is 1.56 bits per heavy atom. The van der Waals surface area contributed by atoms with Gasteiger partial charge in [-0.2, -0.15) is 0 Å². The standard InChI is InChI=1S/C5H14N2.C2H6.2H2/c1-6-4-3-5-7-2;1-2;;/h6-7H,3-5H2,1-2H3;1-2H3;2*1H. The summed E-state index contributed by atoms with van der Waals surface area (Å²) in [5.74, 6) is 0. The molecule has 0 spiro atoms. The zero-order chi connectivity index (χ0) is 7.54. The Hall–Kier alpha value is -0.0800. The van der Waals surface area contributed by atoms with Gasteiger partial charge in [0.25, 0.3) is 0 Å². The zero-order valence-electron chi connectivity index (χ0n) is 7.12. The van der Waals surface area contributed by atoms with Crippen molar-refractivity contribution in [1.82, 2.24) is 10.6 Å². The molecule has 0 fully saturated rings. The van der Waals surface area contributed by atoms with E-state index in [1.54, 1.807) is 0 Å². The maximum absolute atomic E-state index is 3.06. The molecule has 0 unspecified atom stereocenters. The van der Waals surface area contributed by atoms with Crippen LogP contribution in [-0.2, 0) is 0 Å². The molecule has 0 aromatic heterocycles. The second kappa shape index (κ2) is 15.7. The monoisotopic (exact) mass is 136 g/mol. The maximum atomic E-state index is 3.06. The van der Waals surface area contributed by atoms with E-state index in [4.69, 9.17) is 0 Å². The highest BCUT2D eigenvalue weighted by atomic mass is 14.8. The summed E-state index contributed by atoms with van der Waals surface area (Å²) in [6, 6.07) is 0. The number of hydrogen-bond donors (Lipinski definition) is 2. The molecular formula is C7H24N2. The molecule has 0 amide bonds. The first-order valence-corrected chi connectivity index (χ1v) is 3.71. The SMILES string of the molecule is CC.CNCCCNC.[HH].[HH]. The van der Waals surface area contributed by atoms with Crippen LogP contribution in [0.15, 0.2) is 0 Å². The molecule has 0 saturated heterocycles. The highest BCUT2D eigenvalue weighted by Crippen LogP contribution is 1.66. The molecule has 0 atom stereocenters. The van der Waals surface area contributed by atoms with Crippen molar-refractivity contribution in [3.05, 3.63) is 0 Å². The lowest BCUT2D eigenvalue weighted by Gasteiger charge is -1.95. The third kappa shape index (κ3) is 18.1. The van der Waals surface area contributed by atoms with Gasteiger partial charge in [-0.05, 0) is 33.6 Å². The van der Waals surface area contributed by atoms with Gasteiger partial charge in [-0.3, -0.25) is 0 Å². The van der Waals surface area contributed by atoms with Crippen LogP contribution in [0.3, 0.4) is 0 Å². The van der Waals surface area contributed by atoms with E-state index in [0.717, 1.165) is 13.1 Å². The minimum absolute atomic E-state index is 0. The summed E-state index contributed by atoms with van der Waals surface area (Å²) in [6.07, 6.45) is 1.22. The maximum Gasteiger partial charge on any atom is 0 e. The van der Waals surface area contributed by atoms with Crippen molar-refractivity contribution in [1.29, 1.82) is 0 Å². The van der Waals surface area contributed by atoms with Crippen molar-refractivity contribution in [2.45, 2.75) is 20.3 Å². The van der Waals surface area contributed by atoms with Gasteiger partial charge in [0, 0.05) is 2.85 Å². The van der Waals surface area contributed by atoms with E-state index in [9.17, 15) is 0 Å². The van der Waals surface area contributed by atoms with Crippen molar-refractivity contribution in [2.24, 2.45) is 0 Å². The molecule has 0 aliphatic rings. The van der Waals surface area contributed by atoms with Gasteiger partial charge >= 0.3 is 0 Å². The van der Waals surface area contributed by atoms with E-state index in [-0.39, 0.29) is 2.85 Å². The lowest BCUT2D eigenvalue weighted by Crippen LogP contribution is -2.15. The first-order chi connectivity index (χ1) is 4.41. The van der Waals surface area contributed by atoms with Crippen molar-refractivity contribution in [3.8, 4) is 0 Å². The van der Waals surface area contributed by atoms with Gasteiger partial charge in [0.2, 0.25) is 0 Å². The van der Waals surface area contributed by atoms with Crippen LogP contribution < -0.4 is 10.6 Å². The molecule has 0 aromatic rings. The molecule has 9 heavy (non-hydrogen) atoms. The minimum Gasteiger partial charge on any atom is -0.320 e. The van der Waals surface area contributed by atoms with Crippen molar-refractivity contribution in [2.75, 3.05) is 27.2 Å². The lowest BCUT2D eigenvalue weighted by molar-refractivity contribution is 0.676. The molecule has 0 radical (unpaired) electrons. The molecule has 2 nitrogen and oxygen atoms in total. The van der Waals surface area contributed by atoms with Crippen molar-refractivity contribution >= 4 is 0 Å². The Labute approximate surface area is 62.0 Å². The van der Waals surface area contributed by atoms with Crippen LogP contribution in [0.5, 0.6) is 0 Å². The second-order valence-corrected chi connectivity index (χ2v) is 1.56. The molecule has 0 rings (SSSR count).